The average molecular weight is 162 g/mol. The van der Waals surface area contributed by atoms with Gasteiger partial charge < -0.3 is 4.74 Å². The lowest BCUT2D eigenvalue weighted by Crippen LogP contribution is -1.87. The van der Waals surface area contributed by atoms with Crippen LogP contribution < -0.4 is 4.74 Å². The lowest BCUT2D eigenvalue weighted by molar-refractivity contribution is 0.409. The highest BCUT2D eigenvalue weighted by Crippen LogP contribution is 2.15. The molecule has 0 aliphatic heterocycles. The van der Waals surface area contributed by atoms with Gasteiger partial charge in [-0.15, -0.1) is 0 Å². The average Bonchev–Trinajstić information content (AvgIpc) is 1.85. The van der Waals surface area contributed by atoms with Gasteiger partial charge in [0.2, 0.25) is 5.95 Å². The van der Waals surface area contributed by atoms with E-state index >= 15 is 0 Å². The van der Waals surface area contributed by atoms with Crippen LogP contribution in [0, 0.1) is 5.95 Å². The van der Waals surface area contributed by atoms with E-state index in [0.29, 0.717) is 5.75 Å². The summed E-state index contributed by atoms with van der Waals surface area (Å²) in [6, 6.07) is 2.59. The zero-order valence-corrected chi connectivity index (χ0v) is 6.02. The molecule has 1 rings (SSSR count). The summed E-state index contributed by atoms with van der Waals surface area (Å²) in [5, 5.41) is 0.0943. The Balaban J connectivity index is 3.06. The molecule has 0 fully saturated rings. The minimum atomic E-state index is -0.635. The second kappa shape index (κ2) is 2.84. The second-order valence-electron chi connectivity index (χ2n) is 1.65. The van der Waals surface area contributed by atoms with E-state index in [9.17, 15) is 4.39 Å². The molecular weight excluding hydrogens is 157 g/mol. The Morgan fingerprint density at radius 1 is 1.60 bits per heavy atom. The third-order valence-corrected chi connectivity index (χ3v) is 1.17. The van der Waals surface area contributed by atoms with Crippen LogP contribution in [-0.4, -0.2) is 12.1 Å². The molecule has 1 heterocycles. The summed E-state index contributed by atoms with van der Waals surface area (Å²) in [5.41, 5.74) is 0. The number of pyridine rings is 1. The summed E-state index contributed by atoms with van der Waals surface area (Å²) in [6.07, 6.45) is 0. The van der Waals surface area contributed by atoms with Crippen LogP contribution in [0.3, 0.4) is 0 Å². The van der Waals surface area contributed by atoms with E-state index in [-0.39, 0.29) is 5.15 Å². The molecule has 0 unspecified atom stereocenters. The van der Waals surface area contributed by atoms with Gasteiger partial charge in [-0.2, -0.15) is 4.39 Å². The summed E-state index contributed by atoms with van der Waals surface area (Å²) >= 11 is 5.40. The maximum Gasteiger partial charge on any atom is 0.217 e. The molecule has 0 atom stereocenters. The van der Waals surface area contributed by atoms with Crippen molar-refractivity contribution in [2.24, 2.45) is 0 Å². The molecule has 0 radical (unpaired) electrons. The fourth-order valence-corrected chi connectivity index (χ4v) is 0.749. The highest BCUT2D eigenvalue weighted by Gasteiger charge is 1.98. The largest absolute Gasteiger partial charge is 0.496 e. The lowest BCUT2D eigenvalue weighted by atomic mass is 10.4. The predicted octanol–water partition coefficient (Wildman–Crippen LogP) is 1.88. The maximum absolute atomic E-state index is 12.3. The highest BCUT2D eigenvalue weighted by atomic mass is 35.5. The van der Waals surface area contributed by atoms with Gasteiger partial charge in [0.15, 0.2) is 0 Å². The number of aromatic nitrogens is 1. The van der Waals surface area contributed by atoms with Crippen LogP contribution in [0.1, 0.15) is 0 Å². The van der Waals surface area contributed by atoms with Gasteiger partial charge in [-0.05, 0) is 0 Å². The first-order valence-electron chi connectivity index (χ1n) is 2.59. The van der Waals surface area contributed by atoms with Crippen molar-refractivity contribution >= 4 is 11.6 Å². The van der Waals surface area contributed by atoms with Gasteiger partial charge in [0.25, 0.3) is 0 Å². The van der Waals surface area contributed by atoms with Crippen LogP contribution in [0.5, 0.6) is 5.75 Å². The van der Waals surface area contributed by atoms with Crippen molar-refractivity contribution in [3.63, 3.8) is 0 Å². The molecule has 0 N–H and O–H groups in total. The van der Waals surface area contributed by atoms with E-state index in [2.05, 4.69) is 4.98 Å². The fraction of sp³-hybridized carbons (Fsp3) is 0.167. The minimum absolute atomic E-state index is 0.0943. The first-order valence-corrected chi connectivity index (χ1v) is 2.97. The Morgan fingerprint density at radius 3 is 2.80 bits per heavy atom. The number of hydrogen-bond acceptors (Lipinski definition) is 2. The summed E-state index contributed by atoms with van der Waals surface area (Å²) in [4.78, 5) is 3.30. The molecule has 0 aromatic carbocycles. The van der Waals surface area contributed by atoms with Gasteiger partial charge in [0, 0.05) is 12.1 Å². The molecule has 0 aliphatic carbocycles. The molecule has 10 heavy (non-hydrogen) atoms. The van der Waals surface area contributed by atoms with Crippen LogP contribution in [0.2, 0.25) is 5.15 Å². The van der Waals surface area contributed by atoms with Gasteiger partial charge in [0.05, 0.1) is 7.11 Å². The molecule has 0 amide bonds. The standard InChI is InChI=1S/C6H5ClFNO/c1-10-4-2-5(7)9-6(8)3-4/h2-3H,1H3. The summed E-state index contributed by atoms with van der Waals surface area (Å²) in [6.45, 7) is 0. The van der Waals surface area contributed by atoms with Crippen molar-refractivity contribution in [2.75, 3.05) is 7.11 Å². The van der Waals surface area contributed by atoms with E-state index in [1.165, 1.54) is 13.2 Å². The maximum atomic E-state index is 12.3. The van der Waals surface area contributed by atoms with Gasteiger partial charge >= 0.3 is 0 Å². The molecule has 1 aromatic rings. The van der Waals surface area contributed by atoms with Crippen molar-refractivity contribution in [2.45, 2.75) is 0 Å². The Labute approximate surface area is 62.6 Å². The topological polar surface area (TPSA) is 22.1 Å². The molecule has 4 heteroatoms. The molecule has 0 bridgehead atoms. The van der Waals surface area contributed by atoms with Crippen LogP contribution in [-0.2, 0) is 0 Å². The van der Waals surface area contributed by atoms with Crippen molar-refractivity contribution in [3.05, 3.63) is 23.2 Å². The van der Waals surface area contributed by atoms with Crippen molar-refractivity contribution in [1.82, 2.24) is 4.98 Å². The minimum Gasteiger partial charge on any atom is -0.496 e. The Morgan fingerprint density at radius 2 is 2.30 bits per heavy atom. The molecule has 54 valence electrons. The van der Waals surface area contributed by atoms with E-state index in [4.69, 9.17) is 16.3 Å². The van der Waals surface area contributed by atoms with Gasteiger partial charge in [-0.1, -0.05) is 11.6 Å². The number of methoxy groups -OCH3 is 1. The zero-order chi connectivity index (χ0) is 7.56. The van der Waals surface area contributed by atoms with Gasteiger partial charge in [0.1, 0.15) is 10.9 Å². The first-order chi connectivity index (χ1) is 4.72. The lowest BCUT2D eigenvalue weighted by Gasteiger charge is -1.97. The van der Waals surface area contributed by atoms with E-state index in [1.54, 1.807) is 0 Å². The third kappa shape index (κ3) is 1.57. The highest BCUT2D eigenvalue weighted by molar-refractivity contribution is 6.29. The molecule has 1 aromatic heterocycles. The molecule has 0 spiro atoms. The Hall–Kier alpha value is -0.830. The second-order valence-corrected chi connectivity index (χ2v) is 2.04. The molecule has 0 saturated carbocycles. The zero-order valence-electron chi connectivity index (χ0n) is 5.27. The smallest absolute Gasteiger partial charge is 0.217 e. The first kappa shape index (κ1) is 7.28. The molecular formula is C6H5ClFNO. The van der Waals surface area contributed by atoms with Crippen molar-refractivity contribution in [3.8, 4) is 5.75 Å². The molecule has 0 saturated heterocycles. The Bertz CT molecular complexity index is 221. The Kier molecular flexibility index (Phi) is 2.06. The predicted molar refractivity (Wildman–Crippen MR) is 35.8 cm³/mol. The SMILES string of the molecule is COc1cc(F)nc(Cl)c1. The van der Waals surface area contributed by atoms with Crippen molar-refractivity contribution < 1.29 is 9.13 Å². The van der Waals surface area contributed by atoms with Crippen LogP contribution in [0.4, 0.5) is 4.39 Å². The monoisotopic (exact) mass is 161 g/mol. The molecule has 2 nitrogen and oxygen atoms in total. The summed E-state index contributed by atoms with van der Waals surface area (Å²) in [7, 11) is 1.44. The van der Waals surface area contributed by atoms with E-state index < -0.39 is 5.95 Å². The third-order valence-electron chi connectivity index (χ3n) is 0.972. The van der Waals surface area contributed by atoms with Crippen molar-refractivity contribution in [1.29, 1.82) is 0 Å². The van der Waals surface area contributed by atoms with Crippen LogP contribution in [0.25, 0.3) is 0 Å². The summed E-state index contributed by atoms with van der Waals surface area (Å²) < 4.78 is 17.1. The number of ether oxygens (including phenoxy) is 1. The van der Waals surface area contributed by atoms with Crippen LogP contribution >= 0.6 is 11.6 Å². The van der Waals surface area contributed by atoms with E-state index in [0.717, 1.165) is 6.07 Å². The van der Waals surface area contributed by atoms with E-state index in [1.807, 2.05) is 0 Å². The number of nitrogens with zero attached hydrogens (tertiary/aromatic N) is 1. The normalized spacial score (nSPS) is 9.50. The molecule has 0 aliphatic rings. The fourth-order valence-electron chi connectivity index (χ4n) is 0.561. The number of rotatable bonds is 1. The quantitative estimate of drug-likeness (QED) is 0.587. The van der Waals surface area contributed by atoms with Gasteiger partial charge in [-0.25, -0.2) is 4.98 Å². The summed E-state index contributed by atoms with van der Waals surface area (Å²) in [5.74, 6) is -0.262. The number of hydrogen-bond donors (Lipinski definition) is 0. The van der Waals surface area contributed by atoms with Crippen LogP contribution in [0.15, 0.2) is 12.1 Å². The number of halogens is 2. The van der Waals surface area contributed by atoms with Gasteiger partial charge in [-0.3, -0.25) is 0 Å².